The number of nitrogens with one attached hydrogen (secondary N) is 2. The highest BCUT2D eigenvalue weighted by Gasteiger charge is 2.39. The standard InChI is InChI=1S/C27H30N2O5/c1-3-27(4-2,25(32)28-18-14-13-17(15-18)24(30)31)29-26(33)34-16-23-21-11-7-5-9-19(21)20-10-6-8-12-22(20)23/h5-14,17-18,23H,3-4,15-16H2,1-2H3,(H,28,32)(H,29,33)(H,30,31). The average Bonchev–Trinajstić information content (AvgIpc) is 3.44. The van der Waals surface area contributed by atoms with Crippen molar-refractivity contribution < 1.29 is 24.2 Å². The Hall–Kier alpha value is -3.61. The summed E-state index contributed by atoms with van der Waals surface area (Å²) in [4.78, 5) is 37.1. The van der Waals surface area contributed by atoms with E-state index < -0.39 is 23.5 Å². The highest BCUT2D eigenvalue weighted by molar-refractivity contribution is 5.90. The van der Waals surface area contributed by atoms with Crippen LogP contribution >= 0.6 is 0 Å². The lowest BCUT2D eigenvalue weighted by molar-refractivity contribution is -0.140. The van der Waals surface area contributed by atoms with Crippen molar-refractivity contribution in [2.45, 2.75) is 50.6 Å². The van der Waals surface area contributed by atoms with Crippen LogP contribution in [-0.2, 0) is 14.3 Å². The predicted molar refractivity (Wildman–Crippen MR) is 128 cm³/mol. The van der Waals surface area contributed by atoms with E-state index in [1.807, 2.05) is 38.1 Å². The molecule has 2 unspecified atom stereocenters. The highest BCUT2D eigenvalue weighted by Crippen LogP contribution is 2.44. The van der Waals surface area contributed by atoms with Gasteiger partial charge in [0.05, 0.1) is 5.92 Å². The monoisotopic (exact) mass is 462 g/mol. The van der Waals surface area contributed by atoms with Crippen molar-refractivity contribution in [3.63, 3.8) is 0 Å². The van der Waals surface area contributed by atoms with Crippen molar-refractivity contribution in [1.82, 2.24) is 10.6 Å². The molecule has 0 bridgehead atoms. The van der Waals surface area contributed by atoms with Gasteiger partial charge in [0.25, 0.3) is 0 Å². The summed E-state index contributed by atoms with van der Waals surface area (Å²) in [5.74, 6) is -1.94. The summed E-state index contributed by atoms with van der Waals surface area (Å²) in [6.45, 7) is 3.82. The maximum atomic E-state index is 13.1. The Morgan fingerprint density at radius 1 is 0.971 bits per heavy atom. The van der Waals surface area contributed by atoms with E-state index in [-0.39, 0.29) is 24.5 Å². The maximum absolute atomic E-state index is 13.1. The quantitative estimate of drug-likeness (QED) is 0.509. The summed E-state index contributed by atoms with van der Waals surface area (Å²) in [5.41, 5.74) is 3.39. The van der Waals surface area contributed by atoms with E-state index in [4.69, 9.17) is 4.74 Å². The molecule has 34 heavy (non-hydrogen) atoms. The first kappa shape index (κ1) is 23.5. The number of ether oxygens (including phenoxy) is 1. The van der Waals surface area contributed by atoms with Crippen molar-refractivity contribution in [3.05, 3.63) is 71.8 Å². The van der Waals surface area contributed by atoms with Crippen LogP contribution in [0.15, 0.2) is 60.7 Å². The zero-order valence-corrected chi connectivity index (χ0v) is 19.4. The fraction of sp³-hybridized carbons (Fsp3) is 0.370. The summed E-state index contributed by atoms with van der Waals surface area (Å²) >= 11 is 0. The molecule has 0 saturated carbocycles. The molecule has 0 saturated heterocycles. The molecule has 2 atom stereocenters. The highest BCUT2D eigenvalue weighted by atomic mass is 16.5. The minimum absolute atomic E-state index is 0.0683. The molecule has 178 valence electrons. The van der Waals surface area contributed by atoms with Crippen LogP contribution in [0, 0.1) is 5.92 Å². The number of rotatable bonds is 8. The molecular formula is C27H30N2O5. The molecule has 0 aromatic heterocycles. The summed E-state index contributed by atoms with van der Waals surface area (Å²) in [6, 6.07) is 15.8. The Labute approximate surface area is 199 Å². The molecule has 0 aliphatic heterocycles. The van der Waals surface area contributed by atoms with Crippen molar-refractivity contribution in [2.24, 2.45) is 5.92 Å². The molecule has 4 rings (SSSR count). The number of carbonyl (C=O) groups excluding carboxylic acids is 2. The van der Waals surface area contributed by atoms with E-state index >= 15 is 0 Å². The number of hydrogen-bond acceptors (Lipinski definition) is 4. The van der Waals surface area contributed by atoms with Gasteiger partial charge in [-0.15, -0.1) is 0 Å². The van der Waals surface area contributed by atoms with Gasteiger partial charge in [0.2, 0.25) is 5.91 Å². The summed E-state index contributed by atoms with van der Waals surface area (Å²) in [5, 5.41) is 14.8. The molecular weight excluding hydrogens is 432 g/mol. The van der Waals surface area contributed by atoms with Gasteiger partial charge in [0.15, 0.2) is 0 Å². The van der Waals surface area contributed by atoms with Gasteiger partial charge in [-0.1, -0.05) is 74.5 Å². The number of benzene rings is 2. The van der Waals surface area contributed by atoms with E-state index in [0.717, 1.165) is 22.3 Å². The van der Waals surface area contributed by atoms with Crippen LogP contribution in [0.25, 0.3) is 11.1 Å². The Bertz CT molecular complexity index is 1080. The molecule has 0 heterocycles. The van der Waals surface area contributed by atoms with Crippen LogP contribution < -0.4 is 10.6 Å². The van der Waals surface area contributed by atoms with E-state index in [9.17, 15) is 19.5 Å². The molecule has 3 N–H and O–H groups in total. The second kappa shape index (κ2) is 9.71. The van der Waals surface area contributed by atoms with Crippen LogP contribution in [0.3, 0.4) is 0 Å². The van der Waals surface area contributed by atoms with E-state index in [0.29, 0.717) is 19.3 Å². The van der Waals surface area contributed by atoms with Crippen molar-refractivity contribution >= 4 is 18.0 Å². The maximum Gasteiger partial charge on any atom is 0.408 e. The number of alkyl carbamates (subject to hydrolysis) is 1. The van der Waals surface area contributed by atoms with Crippen molar-refractivity contribution in [3.8, 4) is 11.1 Å². The van der Waals surface area contributed by atoms with Crippen LogP contribution in [0.1, 0.15) is 50.2 Å². The first-order valence-electron chi connectivity index (χ1n) is 11.7. The SMILES string of the molecule is CCC(CC)(NC(=O)OCC1c2ccccc2-c2ccccc21)C(=O)NC1C=CC(C(=O)O)C1. The Kier molecular flexibility index (Phi) is 6.72. The Morgan fingerprint density at radius 2 is 1.56 bits per heavy atom. The third-order valence-corrected chi connectivity index (χ3v) is 7.04. The number of carboxylic acid groups (broad SMARTS) is 1. The molecule has 7 nitrogen and oxygen atoms in total. The van der Waals surface area contributed by atoms with Gasteiger partial charge in [-0.3, -0.25) is 9.59 Å². The predicted octanol–water partition coefficient (Wildman–Crippen LogP) is 4.23. The summed E-state index contributed by atoms with van der Waals surface area (Å²) < 4.78 is 5.65. The molecule has 2 aromatic rings. The van der Waals surface area contributed by atoms with Crippen LogP contribution in [0.5, 0.6) is 0 Å². The van der Waals surface area contributed by atoms with E-state index in [1.165, 1.54) is 0 Å². The first-order chi connectivity index (χ1) is 16.4. The Morgan fingerprint density at radius 3 is 2.09 bits per heavy atom. The molecule has 0 radical (unpaired) electrons. The smallest absolute Gasteiger partial charge is 0.408 e. The van der Waals surface area contributed by atoms with Crippen molar-refractivity contribution in [1.29, 1.82) is 0 Å². The normalized spacial score (nSPS) is 18.8. The number of carbonyl (C=O) groups is 3. The van der Waals surface area contributed by atoms with Gasteiger partial charge in [0, 0.05) is 12.0 Å². The lowest BCUT2D eigenvalue weighted by Gasteiger charge is -2.32. The van der Waals surface area contributed by atoms with Crippen LogP contribution in [-0.4, -0.2) is 41.3 Å². The van der Waals surface area contributed by atoms with Gasteiger partial charge in [-0.05, 0) is 41.5 Å². The number of hydrogen-bond donors (Lipinski definition) is 3. The average molecular weight is 463 g/mol. The second-order valence-corrected chi connectivity index (χ2v) is 8.89. The van der Waals surface area contributed by atoms with Gasteiger partial charge in [-0.2, -0.15) is 0 Å². The minimum Gasteiger partial charge on any atom is -0.481 e. The molecule has 2 aliphatic carbocycles. The first-order valence-corrected chi connectivity index (χ1v) is 11.7. The molecule has 0 spiro atoms. The molecule has 0 fully saturated rings. The number of carboxylic acids is 1. The third-order valence-electron chi connectivity index (χ3n) is 7.04. The topological polar surface area (TPSA) is 105 Å². The number of amides is 2. The van der Waals surface area contributed by atoms with Gasteiger partial charge < -0.3 is 20.5 Å². The minimum atomic E-state index is -1.14. The number of aliphatic carboxylic acids is 1. The summed E-state index contributed by atoms with van der Waals surface area (Å²) in [7, 11) is 0. The molecule has 2 aromatic carbocycles. The van der Waals surface area contributed by atoms with Crippen LogP contribution in [0.2, 0.25) is 0 Å². The molecule has 7 heteroatoms. The van der Waals surface area contributed by atoms with E-state index in [1.54, 1.807) is 12.2 Å². The molecule has 2 aliphatic rings. The number of fused-ring (bicyclic) bond motifs is 3. The zero-order valence-electron chi connectivity index (χ0n) is 19.4. The van der Waals surface area contributed by atoms with E-state index in [2.05, 4.69) is 34.9 Å². The summed E-state index contributed by atoms with van der Waals surface area (Å²) in [6.07, 6.45) is 3.68. The largest absolute Gasteiger partial charge is 0.481 e. The zero-order chi connectivity index (χ0) is 24.3. The van der Waals surface area contributed by atoms with Gasteiger partial charge in [0.1, 0.15) is 12.1 Å². The lowest BCUT2D eigenvalue weighted by atomic mass is 9.91. The second-order valence-electron chi connectivity index (χ2n) is 8.89. The third kappa shape index (κ3) is 4.42. The molecule has 2 amide bonds. The Balaban J connectivity index is 1.41. The fourth-order valence-corrected chi connectivity index (χ4v) is 4.93. The van der Waals surface area contributed by atoms with Crippen molar-refractivity contribution in [2.75, 3.05) is 6.61 Å². The van der Waals surface area contributed by atoms with Gasteiger partial charge in [-0.25, -0.2) is 4.79 Å². The van der Waals surface area contributed by atoms with Gasteiger partial charge >= 0.3 is 12.1 Å². The lowest BCUT2D eigenvalue weighted by Crippen LogP contribution is -2.59. The fourth-order valence-electron chi connectivity index (χ4n) is 4.93. The van der Waals surface area contributed by atoms with Crippen LogP contribution in [0.4, 0.5) is 4.79 Å².